The van der Waals surface area contributed by atoms with Gasteiger partial charge in [0, 0.05) is 34.1 Å². The van der Waals surface area contributed by atoms with Crippen LogP contribution < -0.4 is 5.73 Å². The number of hydrogen-bond donors (Lipinski definition) is 2. The standard InChI is InChI=1S/C14H18N2O/c1-14(2,15)9-3-4-12-10(7-9)11-8-17-6-5-13(11)16-12/h3-4,7,16H,5-6,8,15H2,1-2H3. The summed E-state index contributed by atoms with van der Waals surface area (Å²) in [6, 6.07) is 6.42. The monoisotopic (exact) mass is 230 g/mol. The van der Waals surface area contributed by atoms with Crippen molar-refractivity contribution in [3.8, 4) is 0 Å². The summed E-state index contributed by atoms with van der Waals surface area (Å²) in [6.07, 6.45) is 0.978. The van der Waals surface area contributed by atoms with Gasteiger partial charge in [-0.15, -0.1) is 0 Å². The number of fused-ring (bicyclic) bond motifs is 3. The maximum absolute atomic E-state index is 6.15. The third kappa shape index (κ3) is 1.75. The maximum atomic E-state index is 6.15. The number of aromatic nitrogens is 1. The molecule has 1 aromatic heterocycles. The fourth-order valence-corrected chi connectivity index (χ4v) is 2.43. The fraction of sp³-hybridized carbons (Fsp3) is 0.429. The molecule has 1 aliphatic rings. The summed E-state index contributed by atoms with van der Waals surface area (Å²) in [5.41, 5.74) is 10.8. The van der Waals surface area contributed by atoms with Gasteiger partial charge >= 0.3 is 0 Å². The third-order valence-electron chi connectivity index (χ3n) is 3.48. The minimum absolute atomic E-state index is 0.298. The first-order chi connectivity index (χ1) is 8.05. The van der Waals surface area contributed by atoms with Crippen LogP contribution in [0.15, 0.2) is 18.2 Å². The Bertz CT molecular complexity index is 563. The van der Waals surface area contributed by atoms with E-state index in [1.807, 2.05) is 13.8 Å². The fourth-order valence-electron chi connectivity index (χ4n) is 2.43. The highest BCUT2D eigenvalue weighted by Gasteiger charge is 2.19. The molecule has 1 aromatic carbocycles. The minimum Gasteiger partial charge on any atom is -0.376 e. The molecule has 90 valence electrons. The number of ether oxygens (including phenoxy) is 1. The predicted molar refractivity (Wildman–Crippen MR) is 68.9 cm³/mol. The Labute approximate surface area is 101 Å². The van der Waals surface area contributed by atoms with E-state index >= 15 is 0 Å². The smallest absolute Gasteiger partial charge is 0.0740 e. The van der Waals surface area contributed by atoms with Crippen molar-refractivity contribution in [1.29, 1.82) is 0 Å². The van der Waals surface area contributed by atoms with Crippen molar-refractivity contribution in [3.05, 3.63) is 35.0 Å². The van der Waals surface area contributed by atoms with Gasteiger partial charge < -0.3 is 15.5 Å². The number of nitrogens with one attached hydrogen (secondary N) is 1. The summed E-state index contributed by atoms with van der Waals surface area (Å²) in [5.74, 6) is 0. The number of benzene rings is 1. The van der Waals surface area contributed by atoms with E-state index in [1.54, 1.807) is 0 Å². The van der Waals surface area contributed by atoms with Gasteiger partial charge in [-0.05, 0) is 31.5 Å². The van der Waals surface area contributed by atoms with Crippen LogP contribution in [0.2, 0.25) is 0 Å². The molecule has 3 heteroatoms. The molecule has 3 N–H and O–H groups in total. The summed E-state index contributed by atoms with van der Waals surface area (Å²) in [4.78, 5) is 3.47. The van der Waals surface area contributed by atoms with E-state index in [2.05, 4.69) is 23.2 Å². The van der Waals surface area contributed by atoms with E-state index in [9.17, 15) is 0 Å². The molecule has 2 aromatic rings. The second-order valence-corrected chi connectivity index (χ2v) is 5.37. The van der Waals surface area contributed by atoms with Gasteiger partial charge in [0.05, 0.1) is 13.2 Å². The molecule has 17 heavy (non-hydrogen) atoms. The summed E-state index contributed by atoms with van der Waals surface area (Å²) < 4.78 is 5.54. The molecule has 0 bridgehead atoms. The van der Waals surface area contributed by atoms with Crippen LogP contribution in [-0.4, -0.2) is 11.6 Å². The topological polar surface area (TPSA) is 51.0 Å². The van der Waals surface area contributed by atoms with Gasteiger partial charge in [0.25, 0.3) is 0 Å². The Balaban J connectivity index is 2.21. The molecule has 3 nitrogen and oxygen atoms in total. The average molecular weight is 230 g/mol. The summed E-state index contributed by atoms with van der Waals surface area (Å²) >= 11 is 0. The van der Waals surface area contributed by atoms with E-state index in [0.29, 0.717) is 6.61 Å². The highest BCUT2D eigenvalue weighted by atomic mass is 16.5. The normalized spacial score (nSPS) is 16.2. The van der Waals surface area contributed by atoms with Crippen LogP contribution in [0.3, 0.4) is 0 Å². The lowest BCUT2D eigenvalue weighted by molar-refractivity contribution is 0.111. The lowest BCUT2D eigenvalue weighted by atomic mass is 9.93. The molecule has 2 heterocycles. The van der Waals surface area contributed by atoms with Crippen molar-refractivity contribution in [2.45, 2.75) is 32.4 Å². The molecule has 0 aliphatic carbocycles. The lowest BCUT2D eigenvalue weighted by Crippen LogP contribution is -2.28. The molecular formula is C14H18N2O. The second kappa shape index (κ2) is 3.59. The van der Waals surface area contributed by atoms with Gasteiger partial charge in [0.2, 0.25) is 0 Å². The van der Waals surface area contributed by atoms with Crippen LogP contribution in [0.25, 0.3) is 10.9 Å². The highest BCUT2D eigenvalue weighted by Crippen LogP contribution is 2.29. The Morgan fingerprint density at radius 1 is 1.35 bits per heavy atom. The van der Waals surface area contributed by atoms with Gasteiger partial charge in [-0.3, -0.25) is 0 Å². The molecule has 0 saturated carbocycles. The van der Waals surface area contributed by atoms with Crippen molar-refractivity contribution in [2.75, 3.05) is 6.61 Å². The maximum Gasteiger partial charge on any atom is 0.0740 e. The predicted octanol–water partition coefficient (Wildman–Crippen LogP) is 2.43. The molecule has 0 fully saturated rings. The number of aromatic amines is 1. The highest BCUT2D eigenvalue weighted by molar-refractivity contribution is 5.85. The van der Waals surface area contributed by atoms with E-state index in [-0.39, 0.29) is 5.54 Å². The van der Waals surface area contributed by atoms with E-state index in [0.717, 1.165) is 18.6 Å². The molecular weight excluding hydrogens is 212 g/mol. The molecule has 0 amide bonds. The number of nitrogens with two attached hydrogens (primary N) is 1. The Hall–Kier alpha value is -1.32. The third-order valence-corrected chi connectivity index (χ3v) is 3.48. The second-order valence-electron chi connectivity index (χ2n) is 5.37. The first-order valence-corrected chi connectivity index (χ1v) is 6.06. The van der Waals surface area contributed by atoms with Crippen LogP contribution in [0.1, 0.15) is 30.7 Å². The molecule has 0 unspecified atom stereocenters. The van der Waals surface area contributed by atoms with Crippen LogP contribution in [-0.2, 0) is 23.3 Å². The van der Waals surface area contributed by atoms with Gasteiger partial charge in [-0.25, -0.2) is 0 Å². The van der Waals surface area contributed by atoms with Crippen molar-refractivity contribution in [2.24, 2.45) is 5.73 Å². The molecule has 1 aliphatic heterocycles. The zero-order valence-electron chi connectivity index (χ0n) is 10.3. The first-order valence-electron chi connectivity index (χ1n) is 6.06. The Kier molecular flexibility index (Phi) is 2.28. The van der Waals surface area contributed by atoms with Crippen molar-refractivity contribution in [3.63, 3.8) is 0 Å². The van der Waals surface area contributed by atoms with E-state index in [1.165, 1.54) is 22.2 Å². The quantitative estimate of drug-likeness (QED) is 0.790. The Morgan fingerprint density at radius 3 is 2.94 bits per heavy atom. The molecule has 0 saturated heterocycles. The summed E-state index contributed by atoms with van der Waals surface area (Å²) in [6.45, 7) is 5.59. The largest absolute Gasteiger partial charge is 0.376 e. The first kappa shape index (κ1) is 10.8. The zero-order chi connectivity index (χ0) is 12.0. The minimum atomic E-state index is -0.298. The van der Waals surface area contributed by atoms with Crippen LogP contribution >= 0.6 is 0 Å². The molecule has 0 atom stereocenters. The summed E-state index contributed by atoms with van der Waals surface area (Å²) in [5, 5.41) is 1.26. The number of H-pyrrole nitrogens is 1. The molecule has 3 rings (SSSR count). The van der Waals surface area contributed by atoms with Crippen molar-refractivity contribution >= 4 is 10.9 Å². The van der Waals surface area contributed by atoms with Gasteiger partial charge in [0.15, 0.2) is 0 Å². The van der Waals surface area contributed by atoms with Gasteiger partial charge in [-0.1, -0.05) is 6.07 Å². The average Bonchev–Trinajstić information content (AvgIpc) is 2.65. The molecule has 0 radical (unpaired) electrons. The SMILES string of the molecule is CC(C)(N)c1ccc2[nH]c3c(c2c1)COCC3. The van der Waals surface area contributed by atoms with Crippen molar-refractivity contribution < 1.29 is 4.74 Å². The lowest BCUT2D eigenvalue weighted by Gasteiger charge is -2.19. The van der Waals surface area contributed by atoms with Gasteiger partial charge in [0.1, 0.15) is 0 Å². The number of rotatable bonds is 1. The number of hydrogen-bond acceptors (Lipinski definition) is 2. The van der Waals surface area contributed by atoms with E-state index < -0.39 is 0 Å². The van der Waals surface area contributed by atoms with Crippen LogP contribution in [0, 0.1) is 0 Å². The van der Waals surface area contributed by atoms with Crippen LogP contribution in [0.5, 0.6) is 0 Å². The molecule has 0 spiro atoms. The Morgan fingerprint density at radius 2 is 2.18 bits per heavy atom. The van der Waals surface area contributed by atoms with E-state index in [4.69, 9.17) is 10.5 Å². The van der Waals surface area contributed by atoms with Crippen LogP contribution in [0.4, 0.5) is 0 Å². The van der Waals surface area contributed by atoms with Crippen molar-refractivity contribution in [1.82, 2.24) is 4.98 Å². The van der Waals surface area contributed by atoms with Gasteiger partial charge in [-0.2, -0.15) is 0 Å². The summed E-state index contributed by atoms with van der Waals surface area (Å²) in [7, 11) is 0. The zero-order valence-corrected chi connectivity index (χ0v) is 10.3.